The molecule has 200 valence electrons. The quantitative estimate of drug-likeness (QED) is 0.364. The molecular weight excluding hydrogens is 486 g/mol. The number of carbonyl (C=O) groups is 2. The Morgan fingerprint density at radius 2 is 1.57 bits per heavy atom. The first kappa shape index (κ1) is 29.3. The van der Waals surface area contributed by atoms with E-state index in [1.54, 1.807) is 13.2 Å². The van der Waals surface area contributed by atoms with Gasteiger partial charge in [0.15, 0.2) is 0 Å². The maximum absolute atomic E-state index is 13.7. The predicted octanol–water partition coefficient (Wildman–Crippen LogP) is 3.84. The summed E-state index contributed by atoms with van der Waals surface area (Å²) >= 11 is 0. The normalized spacial score (nSPS) is 16.6. The highest BCUT2D eigenvalue weighted by Crippen LogP contribution is 2.36. The van der Waals surface area contributed by atoms with Crippen LogP contribution < -0.4 is 16.2 Å². The molecule has 3 rings (SSSR count). The van der Waals surface area contributed by atoms with Crippen LogP contribution in [0.5, 0.6) is 0 Å². The van der Waals surface area contributed by atoms with Crippen LogP contribution in [0.4, 0.5) is 0 Å². The Balaban J connectivity index is 2.01. The van der Waals surface area contributed by atoms with Crippen LogP contribution in [0.2, 0.25) is 0 Å². The van der Waals surface area contributed by atoms with E-state index in [0.717, 1.165) is 22.2 Å². The third-order valence-electron chi connectivity index (χ3n) is 6.97. The number of hydrazine groups is 1. The van der Waals surface area contributed by atoms with Gasteiger partial charge in [-0.3, -0.25) is 15.0 Å². The number of hydrogen-bond acceptors (Lipinski definition) is 5. The van der Waals surface area contributed by atoms with Crippen molar-refractivity contribution in [3.63, 3.8) is 0 Å². The van der Waals surface area contributed by atoms with Gasteiger partial charge in [0, 0.05) is 18.2 Å². The summed E-state index contributed by atoms with van der Waals surface area (Å²) in [5.74, 6) is -0.681. The van der Waals surface area contributed by atoms with Crippen LogP contribution in [-0.4, -0.2) is 47.8 Å². The molecule has 1 fully saturated rings. The van der Waals surface area contributed by atoms with Gasteiger partial charge >= 0.3 is 7.12 Å². The molecule has 1 heterocycles. The highest BCUT2D eigenvalue weighted by Gasteiger charge is 2.52. The molecule has 1 unspecified atom stereocenters. The van der Waals surface area contributed by atoms with E-state index in [9.17, 15) is 9.59 Å². The largest absolute Gasteiger partial charge is 0.495 e. The molecule has 0 spiro atoms. The maximum atomic E-state index is 13.7. The number of benzene rings is 2. The van der Waals surface area contributed by atoms with Crippen molar-refractivity contribution in [3.8, 4) is 0 Å². The summed E-state index contributed by atoms with van der Waals surface area (Å²) in [6.07, 6.45) is 0. The number of ether oxygens (including phenoxy) is 1. The second-order valence-electron chi connectivity index (χ2n) is 11.7. The second-order valence-corrected chi connectivity index (χ2v) is 12.3. The zero-order chi connectivity index (χ0) is 27.9. The van der Waals surface area contributed by atoms with Crippen molar-refractivity contribution in [2.45, 2.75) is 85.7 Å². The van der Waals surface area contributed by atoms with Crippen molar-refractivity contribution in [3.05, 3.63) is 58.1 Å². The third kappa shape index (κ3) is 6.09. The van der Waals surface area contributed by atoms with Gasteiger partial charge in [0.2, 0.25) is 0 Å². The molecular formula is C28H40BN2O5P. The van der Waals surface area contributed by atoms with Crippen molar-refractivity contribution in [1.29, 1.82) is 0 Å². The van der Waals surface area contributed by atoms with Gasteiger partial charge in [-0.1, -0.05) is 23.3 Å². The zero-order valence-electron chi connectivity index (χ0n) is 23.7. The number of nitrogens with zero attached hydrogens (tertiary/aromatic N) is 1. The Labute approximate surface area is 223 Å². The molecule has 9 heteroatoms. The van der Waals surface area contributed by atoms with E-state index in [4.69, 9.17) is 14.0 Å². The summed E-state index contributed by atoms with van der Waals surface area (Å²) in [5.41, 5.74) is 5.60. The fraction of sp³-hybridized carbons (Fsp3) is 0.500. The predicted molar refractivity (Wildman–Crippen MR) is 152 cm³/mol. The molecule has 0 saturated carbocycles. The Kier molecular flexibility index (Phi) is 8.31. The number of methoxy groups -OCH3 is 1. The van der Waals surface area contributed by atoms with E-state index in [-0.39, 0.29) is 5.91 Å². The second kappa shape index (κ2) is 10.5. The van der Waals surface area contributed by atoms with E-state index in [0.29, 0.717) is 23.0 Å². The molecule has 1 aliphatic rings. The molecule has 1 atom stereocenters. The van der Waals surface area contributed by atoms with Crippen LogP contribution in [0, 0.1) is 13.8 Å². The van der Waals surface area contributed by atoms with E-state index >= 15 is 0 Å². The molecule has 1 N–H and O–H groups in total. The first-order chi connectivity index (χ1) is 17.0. The topological polar surface area (TPSA) is 77.1 Å². The molecule has 37 heavy (non-hydrogen) atoms. The first-order valence-corrected chi connectivity index (χ1v) is 13.1. The fourth-order valence-corrected chi connectivity index (χ4v) is 4.86. The number of rotatable bonds is 5. The minimum Gasteiger partial charge on any atom is -0.399 e. The van der Waals surface area contributed by atoms with E-state index in [1.807, 2.05) is 86.6 Å². The van der Waals surface area contributed by atoms with Crippen molar-refractivity contribution in [2.24, 2.45) is 0 Å². The average Bonchev–Trinajstić information content (AvgIpc) is 2.96. The summed E-state index contributed by atoms with van der Waals surface area (Å²) < 4.78 is 18.1. The molecule has 2 aromatic rings. The number of amides is 2. The SMILES string of the molecule is COCc1ccc(C(=O)NN(C(=O)c2cc(C)cc(C)c2)C(C)(C)C)c(P)c1B1OC(C)(C)C(C)(C)O1. The summed E-state index contributed by atoms with van der Waals surface area (Å²) in [4.78, 5) is 27.2. The lowest BCUT2D eigenvalue weighted by molar-refractivity contribution is 0.00578. The van der Waals surface area contributed by atoms with E-state index in [2.05, 4.69) is 14.7 Å². The summed E-state index contributed by atoms with van der Waals surface area (Å²) in [7, 11) is 3.61. The zero-order valence-corrected chi connectivity index (χ0v) is 24.9. The van der Waals surface area contributed by atoms with Gasteiger partial charge in [-0.05, 0) is 96.8 Å². The molecule has 2 amide bonds. The summed E-state index contributed by atoms with van der Waals surface area (Å²) in [6, 6.07) is 9.26. The molecule has 1 aliphatic heterocycles. The minimum absolute atomic E-state index is 0.278. The molecule has 7 nitrogen and oxygen atoms in total. The number of nitrogens with one attached hydrogen (secondary N) is 1. The summed E-state index contributed by atoms with van der Waals surface area (Å²) in [6.45, 7) is 17.8. The van der Waals surface area contributed by atoms with Crippen molar-refractivity contribution in [2.75, 3.05) is 7.11 Å². The molecule has 0 radical (unpaired) electrons. The molecule has 0 aliphatic carbocycles. The molecule has 1 saturated heterocycles. The van der Waals surface area contributed by atoms with Gasteiger partial charge < -0.3 is 14.0 Å². The van der Waals surface area contributed by atoms with Crippen molar-refractivity contribution >= 4 is 38.9 Å². The Morgan fingerprint density at radius 1 is 1.03 bits per heavy atom. The Hall–Kier alpha value is -2.25. The number of carbonyl (C=O) groups excluding carboxylic acids is 2. The van der Waals surface area contributed by atoms with E-state index < -0.39 is 29.8 Å². The van der Waals surface area contributed by atoms with Crippen LogP contribution in [-0.2, 0) is 20.7 Å². The summed E-state index contributed by atoms with van der Waals surface area (Å²) in [5, 5.41) is 2.03. The third-order valence-corrected chi connectivity index (χ3v) is 7.59. The number of aryl methyl sites for hydroxylation is 2. The lowest BCUT2D eigenvalue weighted by Crippen LogP contribution is -2.56. The van der Waals surface area contributed by atoms with Crippen molar-refractivity contribution in [1.82, 2.24) is 10.4 Å². The fourth-order valence-electron chi connectivity index (χ4n) is 4.31. The molecule has 2 aromatic carbocycles. The maximum Gasteiger partial charge on any atom is 0.495 e. The van der Waals surface area contributed by atoms with Crippen LogP contribution in [0.15, 0.2) is 30.3 Å². The highest BCUT2D eigenvalue weighted by molar-refractivity contribution is 7.29. The smallest absolute Gasteiger partial charge is 0.399 e. The first-order valence-electron chi connectivity index (χ1n) is 12.5. The van der Waals surface area contributed by atoms with Gasteiger partial charge in [-0.25, -0.2) is 5.01 Å². The Bertz CT molecular complexity index is 1170. The van der Waals surface area contributed by atoms with Gasteiger partial charge in [0.25, 0.3) is 11.8 Å². The van der Waals surface area contributed by atoms with Crippen LogP contribution in [0.25, 0.3) is 0 Å². The van der Waals surface area contributed by atoms with Crippen LogP contribution >= 0.6 is 9.24 Å². The van der Waals surface area contributed by atoms with Gasteiger partial charge in [0.05, 0.1) is 23.3 Å². The minimum atomic E-state index is -0.675. The Morgan fingerprint density at radius 3 is 2.05 bits per heavy atom. The monoisotopic (exact) mass is 526 g/mol. The van der Waals surface area contributed by atoms with Crippen molar-refractivity contribution < 1.29 is 23.6 Å². The van der Waals surface area contributed by atoms with Gasteiger partial charge in [0.1, 0.15) is 0 Å². The molecule has 0 bridgehead atoms. The standard InChI is InChI=1S/C28H40BN2O5P/c1-17-13-18(2)15-20(14-17)25(33)31(26(3,4)5)30-24(32)21-12-11-19(16-34-10)22(23(21)37)29-35-27(6,7)28(8,9)36-29/h11-15H,16,37H2,1-10H3,(H,30,32). The lowest BCUT2D eigenvalue weighted by atomic mass is 9.75. The van der Waals surface area contributed by atoms with E-state index in [1.165, 1.54) is 5.01 Å². The lowest BCUT2D eigenvalue weighted by Gasteiger charge is -2.36. The van der Waals surface area contributed by atoms with Crippen LogP contribution in [0.3, 0.4) is 0 Å². The van der Waals surface area contributed by atoms with Crippen LogP contribution in [0.1, 0.15) is 85.9 Å². The van der Waals surface area contributed by atoms with Gasteiger partial charge in [-0.15, -0.1) is 9.24 Å². The average molecular weight is 526 g/mol. The number of hydrogen-bond donors (Lipinski definition) is 1. The van der Waals surface area contributed by atoms with Gasteiger partial charge in [-0.2, -0.15) is 0 Å². The highest BCUT2D eigenvalue weighted by atomic mass is 31.0. The molecule has 0 aromatic heterocycles.